The number of ether oxygens (including phenoxy) is 1. The zero-order valence-electron chi connectivity index (χ0n) is 20.6. The first-order valence-corrected chi connectivity index (χ1v) is 12.6. The fourth-order valence-corrected chi connectivity index (χ4v) is 4.44. The van der Waals surface area contributed by atoms with E-state index in [-0.39, 0.29) is 30.5 Å². The molecule has 4 aromatic rings. The lowest BCUT2D eigenvalue weighted by Gasteiger charge is -2.22. The van der Waals surface area contributed by atoms with E-state index in [2.05, 4.69) is 15.5 Å². The van der Waals surface area contributed by atoms with Crippen LogP contribution in [-0.4, -0.2) is 52.0 Å². The van der Waals surface area contributed by atoms with Gasteiger partial charge in [0.1, 0.15) is 10.8 Å². The number of aromatic nitrogens is 2. The average molecular weight is 532 g/mol. The van der Waals surface area contributed by atoms with E-state index >= 15 is 0 Å². The van der Waals surface area contributed by atoms with Gasteiger partial charge in [0.2, 0.25) is 11.0 Å². The number of nitrogens with zero attached hydrogens (tertiary/aromatic N) is 4. The number of nitro groups is 1. The Morgan fingerprint density at radius 1 is 0.974 bits per heavy atom. The van der Waals surface area contributed by atoms with Gasteiger partial charge in [0.05, 0.1) is 12.0 Å². The van der Waals surface area contributed by atoms with Crippen LogP contribution >= 0.6 is 11.3 Å². The summed E-state index contributed by atoms with van der Waals surface area (Å²) in [6.07, 6.45) is 0.647. The molecule has 10 nitrogen and oxygen atoms in total. The van der Waals surface area contributed by atoms with Crippen molar-refractivity contribution < 1.29 is 19.2 Å². The van der Waals surface area contributed by atoms with E-state index in [4.69, 9.17) is 4.74 Å². The monoisotopic (exact) mass is 531 g/mol. The number of amides is 2. The Morgan fingerprint density at radius 3 is 2.34 bits per heavy atom. The topological polar surface area (TPSA) is 128 Å². The molecule has 1 N–H and O–H groups in total. The van der Waals surface area contributed by atoms with Crippen molar-refractivity contribution in [3.05, 3.63) is 100 Å². The Balaban J connectivity index is 1.40. The predicted octanol–water partition coefficient (Wildman–Crippen LogP) is 4.84. The van der Waals surface area contributed by atoms with Gasteiger partial charge in [-0.2, -0.15) is 0 Å². The molecular weight excluding hydrogens is 506 g/mol. The van der Waals surface area contributed by atoms with E-state index in [1.165, 1.54) is 35.6 Å². The number of carbonyl (C=O) groups excluding carboxylic acids is 2. The molecule has 0 aliphatic carbocycles. The highest BCUT2D eigenvalue weighted by atomic mass is 32.1. The van der Waals surface area contributed by atoms with Gasteiger partial charge in [-0.1, -0.05) is 41.7 Å². The highest BCUT2D eigenvalue weighted by Gasteiger charge is 2.19. The van der Waals surface area contributed by atoms with Crippen molar-refractivity contribution in [2.45, 2.75) is 12.8 Å². The molecule has 1 heterocycles. The fourth-order valence-electron chi connectivity index (χ4n) is 3.67. The first-order valence-electron chi connectivity index (χ1n) is 11.8. The molecular formula is C27H25N5O5S. The van der Waals surface area contributed by atoms with Crippen molar-refractivity contribution in [1.82, 2.24) is 15.1 Å². The second-order valence-electron chi connectivity index (χ2n) is 8.27. The van der Waals surface area contributed by atoms with Gasteiger partial charge in [0, 0.05) is 42.8 Å². The van der Waals surface area contributed by atoms with E-state index in [0.29, 0.717) is 28.7 Å². The second kappa shape index (κ2) is 12.5. The summed E-state index contributed by atoms with van der Waals surface area (Å²) < 4.78 is 5.17. The number of nitrogens with one attached hydrogen (secondary N) is 1. The van der Waals surface area contributed by atoms with Gasteiger partial charge < -0.3 is 15.0 Å². The van der Waals surface area contributed by atoms with Crippen molar-refractivity contribution >= 4 is 34.0 Å². The molecule has 0 unspecified atom stereocenters. The highest BCUT2D eigenvalue weighted by molar-refractivity contribution is 7.18. The molecule has 0 aliphatic rings. The van der Waals surface area contributed by atoms with Crippen molar-refractivity contribution in [3.63, 3.8) is 0 Å². The summed E-state index contributed by atoms with van der Waals surface area (Å²) in [6.45, 7) is 0.548. The van der Waals surface area contributed by atoms with Gasteiger partial charge in [-0.15, -0.1) is 10.2 Å². The molecule has 2 amide bonds. The van der Waals surface area contributed by atoms with E-state index < -0.39 is 4.92 Å². The van der Waals surface area contributed by atoms with Gasteiger partial charge in [0.25, 0.3) is 11.6 Å². The number of anilines is 1. The minimum absolute atomic E-state index is 0.0466. The summed E-state index contributed by atoms with van der Waals surface area (Å²) in [5.41, 5.74) is 2.13. The van der Waals surface area contributed by atoms with Gasteiger partial charge in [-0.25, -0.2) is 0 Å². The summed E-state index contributed by atoms with van der Waals surface area (Å²) >= 11 is 1.25. The number of benzene rings is 3. The second-order valence-corrected chi connectivity index (χ2v) is 9.25. The summed E-state index contributed by atoms with van der Waals surface area (Å²) in [4.78, 5) is 37.9. The number of nitro benzene ring substituents is 1. The quantitative estimate of drug-likeness (QED) is 0.217. The SMILES string of the molecule is COc1ccc(-c2nnc(NC(=O)CCN(CCc3ccccc3)C(=O)c3ccc([N+](=O)[O-])cc3)s2)cc1. The van der Waals surface area contributed by atoms with Gasteiger partial charge in [0.15, 0.2) is 0 Å². The minimum Gasteiger partial charge on any atom is -0.497 e. The van der Waals surface area contributed by atoms with Crippen LogP contribution in [0.15, 0.2) is 78.9 Å². The van der Waals surface area contributed by atoms with E-state index in [0.717, 1.165) is 16.9 Å². The van der Waals surface area contributed by atoms with Crippen molar-refractivity contribution in [1.29, 1.82) is 0 Å². The van der Waals surface area contributed by atoms with Crippen molar-refractivity contribution in [2.75, 3.05) is 25.5 Å². The molecule has 11 heteroatoms. The lowest BCUT2D eigenvalue weighted by Crippen LogP contribution is -2.35. The molecule has 0 atom stereocenters. The zero-order chi connectivity index (χ0) is 26.9. The first kappa shape index (κ1) is 26.4. The average Bonchev–Trinajstić information content (AvgIpc) is 3.41. The third-order valence-electron chi connectivity index (χ3n) is 5.74. The van der Waals surface area contributed by atoms with Crippen LogP contribution in [0.25, 0.3) is 10.6 Å². The van der Waals surface area contributed by atoms with Crippen LogP contribution in [-0.2, 0) is 11.2 Å². The largest absolute Gasteiger partial charge is 0.497 e. The number of methoxy groups -OCH3 is 1. The lowest BCUT2D eigenvalue weighted by molar-refractivity contribution is -0.384. The molecule has 1 aromatic heterocycles. The highest BCUT2D eigenvalue weighted by Crippen LogP contribution is 2.27. The molecule has 4 rings (SSSR count). The van der Waals surface area contributed by atoms with E-state index in [1.807, 2.05) is 54.6 Å². The molecule has 0 bridgehead atoms. The van der Waals surface area contributed by atoms with Crippen LogP contribution in [0.1, 0.15) is 22.3 Å². The standard InChI is InChI=1S/C27H25N5O5S/c1-37-23-13-9-20(10-14-23)25-29-30-27(38-25)28-24(33)16-18-31(17-15-19-5-3-2-4-6-19)26(34)21-7-11-22(12-8-21)32(35)36/h2-14H,15-18H2,1H3,(H,28,30,33). The Bertz CT molecular complexity index is 1390. The van der Waals surface area contributed by atoms with Gasteiger partial charge >= 0.3 is 0 Å². The first-order chi connectivity index (χ1) is 18.4. The molecule has 38 heavy (non-hydrogen) atoms. The van der Waals surface area contributed by atoms with Gasteiger partial charge in [-0.05, 0) is 48.4 Å². The smallest absolute Gasteiger partial charge is 0.269 e. The Kier molecular flexibility index (Phi) is 8.73. The van der Waals surface area contributed by atoms with Crippen LogP contribution in [0.4, 0.5) is 10.8 Å². The molecule has 0 saturated heterocycles. The van der Waals surface area contributed by atoms with Crippen LogP contribution in [0.2, 0.25) is 0 Å². The maximum absolute atomic E-state index is 13.2. The Morgan fingerprint density at radius 2 is 1.68 bits per heavy atom. The molecule has 0 saturated carbocycles. The van der Waals surface area contributed by atoms with Crippen LogP contribution in [0.5, 0.6) is 5.75 Å². The third kappa shape index (κ3) is 6.98. The summed E-state index contributed by atoms with van der Waals surface area (Å²) in [5.74, 6) is 0.122. The zero-order valence-corrected chi connectivity index (χ0v) is 21.4. The summed E-state index contributed by atoms with van der Waals surface area (Å²) in [6, 6.07) is 22.5. The molecule has 0 spiro atoms. The van der Waals surface area contributed by atoms with E-state index in [1.54, 1.807) is 12.0 Å². The number of hydrogen-bond donors (Lipinski definition) is 1. The normalized spacial score (nSPS) is 10.6. The minimum atomic E-state index is -0.515. The fraction of sp³-hybridized carbons (Fsp3) is 0.185. The molecule has 0 radical (unpaired) electrons. The Labute approximate surface area is 223 Å². The van der Waals surface area contributed by atoms with Crippen molar-refractivity contribution in [3.8, 4) is 16.3 Å². The number of carbonyl (C=O) groups is 2. The predicted molar refractivity (Wildman–Crippen MR) is 144 cm³/mol. The maximum Gasteiger partial charge on any atom is 0.269 e. The molecule has 3 aromatic carbocycles. The molecule has 0 aliphatic heterocycles. The number of non-ortho nitro benzene ring substituents is 1. The van der Waals surface area contributed by atoms with Crippen LogP contribution in [0.3, 0.4) is 0 Å². The molecule has 0 fully saturated rings. The van der Waals surface area contributed by atoms with Crippen molar-refractivity contribution in [2.24, 2.45) is 0 Å². The number of hydrogen-bond acceptors (Lipinski definition) is 8. The summed E-state index contributed by atoms with van der Waals surface area (Å²) in [7, 11) is 1.59. The van der Waals surface area contributed by atoms with E-state index in [9.17, 15) is 19.7 Å². The lowest BCUT2D eigenvalue weighted by atomic mass is 10.1. The Hall–Kier alpha value is -4.64. The maximum atomic E-state index is 13.2. The van der Waals surface area contributed by atoms with Gasteiger partial charge in [-0.3, -0.25) is 19.7 Å². The third-order valence-corrected chi connectivity index (χ3v) is 6.63. The molecule has 194 valence electrons. The summed E-state index contributed by atoms with van der Waals surface area (Å²) in [5, 5.41) is 22.9. The number of rotatable bonds is 11. The van der Waals surface area contributed by atoms with Crippen LogP contribution < -0.4 is 10.1 Å². The van der Waals surface area contributed by atoms with Crippen LogP contribution in [0, 0.1) is 10.1 Å².